The van der Waals surface area contributed by atoms with Crippen LogP contribution in [0.2, 0.25) is 0 Å². The van der Waals surface area contributed by atoms with Crippen LogP contribution in [0.4, 0.5) is 0 Å². The number of nitrogens with zero attached hydrogens (tertiary/aromatic N) is 1. The summed E-state index contributed by atoms with van der Waals surface area (Å²) >= 11 is 0. The van der Waals surface area contributed by atoms with Crippen LogP contribution in [0.3, 0.4) is 0 Å². The molecule has 36 heavy (non-hydrogen) atoms. The van der Waals surface area contributed by atoms with Crippen LogP contribution in [0.1, 0.15) is 92.9 Å². The molecule has 0 aromatic carbocycles. The monoisotopic (exact) mass is 508 g/mol. The van der Waals surface area contributed by atoms with Crippen LogP contribution >= 0.6 is 0 Å². The maximum atomic E-state index is 11.8. The normalized spacial score (nSPS) is 44.8. The van der Waals surface area contributed by atoms with Crippen molar-refractivity contribution >= 4 is 5.84 Å². The molecule has 7 unspecified atom stereocenters. The maximum absolute atomic E-state index is 11.8. The lowest BCUT2D eigenvalue weighted by atomic mass is 9.43. The molecule has 3 aliphatic rings. The zero-order chi connectivity index (χ0) is 26.8. The topological polar surface area (TPSA) is 126 Å². The molecule has 0 radical (unpaired) electrons. The van der Waals surface area contributed by atoms with Gasteiger partial charge < -0.3 is 20.4 Å². The van der Waals surface area contributed by atoms with E-state index in [-0.39, 0.29) is 40.8 Å². The summed E-state index contributed by atoms with van der Waals surface area (Å²) in [6.45, 7) is 13.2. The third-order valence-corrected chi connectivity index (χ3v) is 11.4. The highest BCUT2D eigenvalue weighted by Gasteiger charge is 2.65. The summed E-state index contributed by atoms with van der Waals surface area (Å²) in [6.07, 6.45) is 7.90. The Morgan fingerprint density at radius 2 is 1.81 bits per heavy atom. The number of hydrogen-bond donors (Lipinski definition) is 6. The van der Waals surface area contributed by atoms with Crippen LogP contribution in [0, 0.1) is 52.3 Å². The number of aliphatic hydroxyl groups is 4. The smallest absolute Gasteiger partial charge is 0.125 e. The lowest BCUT2D eigenvalue weighted by molar-refractivity contribution is -0.211. The van der Waals surface area contributed by atoms with Crippen LogP contribution in [-0.2, 0) is 0 Å². The second-order valence-electron chi connectivity index (χ2n) is 13.0. The zero-order valence-corrected chi connectivity index (χ0v) is 23.3. The summed E-state index contributed by atoms with van der Waals surface area (Å²) < 4.78 is 0. The van der Waals surface area contributed by atoms with Crippen molar-refractivity contribution in [3.63, 3.8) is 0 Å². The number of aliphatic hydroxyl groups excluding tert-OH is 4. The molecule has 0 aliphatic heterocycles. The first-order chi connectivity index (χ1) is 16.9. The van der Waals surface area contributed by atoms with Gasteiger partial charge in [-0.15, -0.1) is 0 Å². The number of rotatable bonds is 9. The van der Waals surface area contributed by atoms with Crippen molar-refractivity contribution in [1.29, 1.82) is 0 Å². The summed E-state index contributed by atoms with van der Waals surface area (Å²) in [7, 11) is 0. The summed E-state index contributed by atoms with van der Waals surface area (Å²) in [5, 5.41) is 51.5. The van der Waals surface area contributed by atoms with Gasteiger partial charge in [0.2, 0.25) is 0 Å². The fraction of sp³-hybridized carbons (Fsp3) is 0.897. The molecule has 0 heterocycles. The molecule has 7 heteroatoms. The molecule has 3 fully saturated rings. The lowest BCUT2D eigenvalue weighted by Gasteiger charge is -2.63. The fourth-order valence-corrected chi connectivity index (χ4v) is 8.95. The van der Waals surface area contributed by atoms with Gasteiger partial charge in [0.25, 0.3) is 0 Å². The maximum Gasteiger partial charge on any atom is 0.125 e. The van der Waals surface area contributed by atoms with Crippen LogP contribution in [0.25, 0.3) is 0 Å². The Hall–Kier alpha value is -1.15. The molecule has 3 saturated carbocycles. The van der Waals surface area contributed by atoms with Crippen molar-refractivity contribution in [3.05, 3.63) is 12.5 Å². The predicted octanol–water partition coefficient (Wildman–Crippen LogP) is 5.04. The van der Waals surface area contributed by atoms with Crippen LogP contribution in [-0.4, -0.2) is 49.8 Å². The number of amidine groups is 1. The van der Waals surface area contributed by atoms with Crippen molar-refractivity contribution in [2.75, 3.05) is 0 Å². The first-order valence-corrected chi connectivity index (χ1v) is 14.2. The van der Waals surface area contributed by atoms with Crippen molar-refractivity contribution < 1.29 is 25.6 Å². The van der Waals surface area contributed by atoms with Gasteiger partial charge in [-0.25, -0.2) is 4.99 Å². The first kappa shape index (κ1) is 29.4. The number of hydrogen-bond acceptors (Lipinski definition) is 6. The highest BCUT2D eigenvalue weighted by atomic mass is 16.5. The Balaban J connectivity index is 1.80. The van der Waals surface area contributed by atoms with Crippen molar-refractivity contribution in [2.24, 2.45) is 57.2 Å². The van der Waals surface area contributed by atoms with E-state index in [0.29, 0.717) is 35.9 Å². The highest BCUT2D eigenvalue weighted by Crippen LogP contribution is 2.68. The van der Waals surface area contributed by atoms with E-state index in [1.807, 2.05) is 6.92 Å². The summed E-state index contributed by atoms with van der Waals surface area (Å²) in [4.78, 5) is 3.99. The molecule has 3 rings (SSSR count). The molecule has 0 spiro atoms. The van der Waals surface area contributed by atoms with Crippen molar-refractivity contribution in [3.8, 4) is 0 Å². The molecule has 0 bridgehead atoms. The number of nitrogens with one attached hydrogen (secondary N) is 1. The second-order valence-corrected chi connectivity index (χ2v) is 13.0. The van der Waals surface area contributed by atoms with E-state index in [1.54, 1.807) is 0 Å². The minimum atomic E-state index is -0.400. The summed E-state index contributed by atoms with van der Waals surface area (Å²) in [5.41, 5.74) is 1.88. The van der Waals surface area contributed by atoms with Crippen LogP contribution < -0.4 is 5.48 Å². The lowest BCUT2D eigenvalue weighted by Crippen LogP contribution is -2.63. The minimum Gasteiger partial charge on any atom is -0.514 e. The van der Waals surface area contributed by atoms with Crippen LogP contribution in [0.5, 0.6) is 0 Å². The number of hydroxylamine groups is 1. The average molecular weight is 509 g/mol. The van der Waals surface area contributed by atoms with Gasteiger partial charge in [-0.1, -0.05) is 34.6 Å². The molecule has 0 saturated heterocycles. The summed E-state index contributed by atoms with van der Waals surface area (Å²) in [6, 6.07) is 0. The van der Waals surface area contributed by atoms with Gasteiger partial charge in [-0.2, -0.15) is 0 Å². The van der Waals surface area contributed by atoms with E-state index in [9.17, 15) is 20.5 Å². The summed E-state index contributed by atoms with van der Waals surface area (Å²) in [5.74, 6) is 2.46. The van der Waals surface area contributed by atoms with Gasteiger partial charge in [0.05, 0.1) is 30.8 Å². The van der Waals surface area contributed by atoms with Crippen molar-refractivity contribution in [2.45, 2.75) is 111 Å². The molecule has 7 nitrogen and oxygen atoms in total. The first-order valence-electron chi connectivity index (χ1n) is 14.2. The van der Waals surface area contributed by atoms with E-state index < -0.39 is 6.10 Å². The third kappa shape index (κ3) is 5.23. The van der Waals surface area contributed by atoms with Gasteiger partial charge in [0, 0.05) is 6.42 Å². The van der Waals surface area contributed by atoms with Gasteiger partial charge >= 0.3 is 0 Å². The Bertz CT molecular complexity index is 788. The average Bonchev–Trinajstić information content (AvgIpc) is 3.21. The Labute approximate surface area is 218 Å². The van der Waals surface area contributed by atoms with Crippen molar-refractivity contribution in [1.82, 2.24) is 5.48 Å². The Kier molecular flexibility index (Phi) is 9.57. The van der Waals surface area contributed by atoms with E-state index >= 15 is 0 Å². The largest absolute Gasteiger partial charge is 0.514 e. The Morgan fingerprint density at radius 1 is 1.11 bits per heavy atom. The standard InChI is InChI=1S/C29H52N2O5/c1-17(8-7-9-25(31-36)30-14-15-32)21-10-11-22-26-23(16-24(34)29(21,22)6)28(5,13-12-18(2)33)20(4)19(3)27(26)35/h14-15,17-24,26-27,32-36H,7-13,16H2,1-6H3,(H,30,31)/t17-,18+,19-,20?,21?,22?,23?,24+,26?,27-,28?,29?/m1/s1. The molecular weight excluding hydrogens is 456 g/mol. The fourth-order valence-electron chi connectivity index (χ4n) is 8.95. The highest BCUT2D eigenvalue weighted by molar-refractivity contribution is 5.81. The quantitative estimate of drug-likeness (QED) is 0.112. The van der Waals surface area contributed by atoms with Gasteiger partial charge in [0.1, 0.15) is 5.84 Å². The zero-order valence-electron chi connectivity index (χ0n) is 23.3. The van der Waals surface area contributed by atoms with E-state index in [1.165, 1.54) is 6.20 Å². The van der Waals surface area contributed by atoms with E-state index in [2.05, 4.69) is 45.1 Å². The Morgan fingerprint density at radius 3 is 2.42 bits per heavy atom. The molecule has 0 aromatic rings. The molecule has 6 N–H and O–H groups in total. The molecule has 208 valence electrons. The van der Waals surface area contributed by atoms with Gasteiger partial charge in [-0.05, 0) is 104 Å². The minimum absolute atomic E-state index is 0.0115. The molecule has 0 amide bonds. The van der Waals surface area contributed by atoms with Gasteiger partial charge in [0.15, 0.2) is 0 Å². The molecule has 3 aliphatic carbocycles. The van der Waals surface area contributed by atoms with E-state index in [4.69, 9.17) is 5.11 Å². The predicted molar refractivity (Wildman–Crippen MR) is 142 cm³/mol. The SMILES string of the molecule is CC1[C@@H](C)[C@@H](O)C2C(C[C@H](O)C3(C)C2CCC3[C@H](C)CCCC(=NC=CO)NO)C1(C)CC[C@H](C)O. The van der Waals surface area contributed by atoms with Gasteiger partial charge in [-0.3, -0.25) is 10.7 Å². The molecule has 12 atom stereocenters. The van der Waals surface area contributed by atoms with Crippen LogP contribution in [0.15, 0.2) is 17.5 Å². The van der Waals surface area contributed by atoms with E-state index in [0.717, 1.165) is 51.2 Å². The number of aliphatic imine (C=N–C) groups is 1. The number of fused-ring (bicyclic) bond motifs is 3. The molecule has 0 aromatic heterocycles. The molecular formula is C29H52N2O5. The third-order valence-electron chi connectivity index (χ3n) is 11.4. The second kappa shape index (κ2) is 11.7.